The van der Waals surface area contributed by atoms with Gasteiger partial charge in [0.15, 0.2) is 0 Å². The highest BCUT2D eigenvalue weighted by atomic mass is 16.4. The van der Waals surface area contributed by atoms with Gasteiger partial charge in [0.25, 0.3) is 0 Å². The van der Waals surface area contributed by atoms with Crippen LogP contribution in [0.25, 0.3) is 0 Å². The van der Waals surface area contributed by atoms with E-state index < -0.39 is 11.5 Å². The van der Waals surface area contributed by atoms with Gasteiger partial charge in [-0.1, -0.05) is 6.92 Å². The summed E-state index contributed by atoms with van der Waals surface area (Å²) in [5, 5.41) is 15.3. The number of carboxylic acids is 1. The highest BCUT2D eigenvalue weighted by Crippen LogP contribution is 2.37. The molecule has 5 nitrogen and oxygen atoms in total. The van der Waals surface area contributed by atoms with E-state index >= 15 is 0 Å². The molecule has 1 amide bonds. The Morgan fingerprint density at radius 1 is 1.22 bits per heavy atom. The van der Waals surface area contributed by atoms with Gasteiger partial charge in [-0.25, -0.2) is 4.79 Å². The van der Waals surface area contributed by atoms with Crippen LogP contribution in [0.1, 0.15) is 45.4 Å². The first-order valence-corrected chi connectivity index (χ1v) is 6.81. The topological polar surface area (TPSA) is 78.4 Å². The molecule has 2 fully saturated rings. The number of aliphatic carboxylic acids is 1. The van der Waals surface area contributed by atoms with E-state index in [1.807, 2.05) is 6.92 Å². The molecule has 18 heavy (non-hydrogen) atoms. The highest BCUT2D eigenvalue weighted by molar-refractivity contribution is 5.90. The van der Waals surface area contributed by atoms with E-state index in [0.29, 0.717) is 12.8 Å². The molecule has 0 unspecified atom stereocenters. The fourth-order valence-corrected chi connectivity index (χ4v) is 2.92. The maximum Gasteiger partial charge on any atom is 0.329 e. The van der Waals surface area contributed by atoms with Crippen LogP contribution in [0.5, 0.6) is 0 Å². The Bertz CT molecular complexity index is 344. The second kappa shape index (κ2) is 4.88. The molecule has 2 aliphatic rings. The van der Waals surface area contributed by atoms with Crippen molar-refractivity contribution in [3.8, 4) is 0 Å². The van der Waals surface area contributed by atoms with E-state index in [0.717, 1.165) is 38.8 Å². The zero-order valence-corrected chi connectivity index (χ0v) is 10.9. The second-order valence-electron chi connectivity index (χ2n) is 5.58. The molecule has 0 atom stereocenters. The van der Waals surface area contributed by atoms with Gasteiger partial charge in [-0.15, -0.1) is 0 Å². The number of hydrogen-bond acceptors (Lipinski definition) is 3. The Labute approximate surface area is 107 Å². The Kier molecular flexibility index (Phi) is 3.61. The standard InChI is InChI=1S/C13H22N2O3/c1-2-12(6-8-14-9-7-12)10(16)15-13(11(17)18)4-3-5-13/h14H,2-9H2,1H3,(H,15,16)(H,17,18). The number of carbonyl (C=O) groups is 2. The normalized spacial score (nSPS) is 24.9. The van der Waals surface area contributed by atoms with Crippen molar-refractivity contribution >= 4 is 11.9 Å². The van der Waals surface area contributed by atoms with Crippen LogP contribution in [0, 0.1) is 5.41 Å². The van der Waals surface area contributed by atoms with Crippen molar-refractivity contribution in [2.24, 2.45) is 5.41 Å². The SMILES string of the molecule is CCC1(C(=O)NC2(C(=O)O)CCC2)CCNCC1. The molecule has 0 aromatic rings. The number of carbonyl (C=O) groups excluding carboxylic acids is 1. The minimum Gasteiger partial charge on any atom is -0.480 e. The van der Waals surface area contributed by atoms with Crippen LogP contribution in [0.4, 0.5) is 0 Å². The maximum absolute atomic E-state index is 12.5. The van der Waals surface area contributed by atoms with Gasteiger partial charge < -0.3 is 15.7 Å². The van der Waals surface area contributed by atoms with Crippen molar-refractivity contribution in [1.29, 1.82) is 0 Å². The molecule has 2 rings (SSSR count). The Hall–Kier alpha value is -1.10. The first kappa shape index (κ1) is 13.3. The number of amides is 1. The van der Waals surface area contributed by atoms with Crippen LogP contribution in [0.3, 0.4) is 0 Å². The molecule has 102 valence electrons. The summed E-state index contributed by atoms with van der Waals surface area (Å²) in [5.74, 6) is -0.948. The predicted octanol–water partition coefficient (Wildman–Crippen LogP) is 0.890. The Morgan fingerprint density at radius 2 is 1.83 bits per heavy atom. The largest absolute Gasteiger partial charge is 0.480 e. The van der Waals surface area contributed by atoms with Gasteiger partial charge in [0, 0.05) is 0 Å². The van der Waals surface area contributed by atoms with Crippen LogP contribution < -0.4 is 10.6 Å². The third-order valence-electron chi connectivity index (χ3n) is 4.69. The van der Waals surface area contributed by atoms with Gasteiger partial charge in [-0.2, -0.15) is 0 Å². The summed E-state index contributed by atoms with van der Waals surface area (Å²) in [4.78, 5) is 23.7. The molecule has 1 saturated carbocycles. The third kappa shape index (κ3) is 2.11. The summed E-state index contributed by atoms with van der Waals surface area (Å²) in [6, 6.07) is 0. The number of piperidine rings is 1. The lowest BCUT2D eigenvalue weighted by molar-refractivity contribution is -0.154. The fourth-order valence-electron chi connectivity index (χ4n) is 2.92. The maximum atomic E-state index is 12.5. The zero-order chi connectivity index (χ0) is 13.2. The van der Waals surface area contributed by atoms with Gasteiger partial charge in [0.2, 0.25) is 5.91 Å². The summed E-state index contributed by atoms with van der Waals surface area (Å²) in [6.45, 7) is 3.68. The van der Waals surface area contributed by atoms with Gasteiger partial charge in [-0.05, 0) is 51.6 Å². The first-order chi connectivity index (χ1) is 8.55. The van der Waals surface area contributed by atoms with Crippen LogP contribution in [0.15, 0.2) is 0 Å². The lowest BCUT2D eigenvalue weighted by atomic mass is 9.72. The first-order valence-electron chi connectivity index (χ1n) is 6.81. The van der Waals surface area contributed by atoms with E-state index in [4.69, 9.17) is 0 Å². The van der Waals surface area contributed by atoms with E-state index in [1.165, 1.54) is 0 Å². The number of carboxylic acid groups (broad SMARTS) is 1. The molecule has 1 aliphatic heterocycles. The molecule has 1 saturated heterocycles. The molecule has 0 bridgehead atoms. The van der Waals surface area contributed by atoms with Gasteiger partial charge in [0.05, 0.1) is 5.41 Å². The third-order valence-corrected chi connectivity index (χ3v) is 4.69. The molecule has 0 radical (unpaired) electrons. The molecule has 0 spiro atoms. The summed E-state index contributed by atoms with van der Waals surface area (Å²) < 4.78 is 0. The average molecular weight is 254 g/mol. The van der Waals surface area contributed by atoms with Gasteiger partial charge >= 0.3 is 5.97 Å². The number of rotatable bonds is 4. The summed E-state index contributed by atoms with van der Waals surface area (Å²) in [5.41, 5.74) is -1.35. The molecule has 1 aliphatic carbocycles. The van der Waals surface area contributed by atoms with E-state index in [1.54, 1.807) is 0 Å². The summed E-state index contributed by atoms with van der Waals surface area (Å²) in [6.07, 6.45) is 4.37. The minimum absolute atomic E-state index is 0.0615. The number of hydrogen-bond donors (Lipinski definition) is 3. The monoisotopic (exact) mass is 254 g/mol. The van der Waals surface area contributed by atoms with E-state index in [9.17, 15) is 14.7 Å². The van der Waals surface area contributed by atoms with Crippen molar-refractivity contribution < 1.29 is 14.7 Å². The minimum atomic E-state index is -0.982. The van der Waals surface area contributed by atoms with Crippen molar-refractivity contribution in [2.75, 3.05) is 13.1 Å². The fraction of sp³-hybridized carbons (Fsp3) is 0.846. The van der Waals surface area contributed by atoms with Crippen molar-refractivity contribution in [2.45, 2.75) is 51.0 Å². The second-order valence-corrected chi connectivity index (χ2v) is 5.58. The average Bonchev–Trinajstić information content (AvgIpc) is 2.33. The molecule has 3 N–H and O–H groups in total. The van der Waals surface area contributed by atoms with Crippen LogP contribution >= 0.6 is 0 Å². The van der Waals surface area contributed by atoms with Gasteiger partial charge in [0.1, 0.15) is 5.54 Å². The van der Waals surface area contributed by atoms with Crippen molar-refractivity contribution in [3.63, 3.8) is 0 Å². The van der Waals surface area contributed by atoms with Crippen molar-refractivity contribution in [3.05, 3.63) is 0 Å². The Morgan fingerprint density at radius 3 is 2.22 bits per heavy atom. The Balaban J connectivity index is 2.08. The molecular formula is C13H22N2O3. The van der Waals surface area contributed by atoms with Crippen LogP contribution in [0.2, 0.25) is 0 Å². The molecular weight excluding hydrogens is 232 g/mol. The molecule has 0 aromatic carbocycles. The van der Waals surface area contributed by atoms with E-state index in [2.05, 4.69) is 10.6 Å². The van der Waals surface area contributed by atoms with Crippen LogP contribution in [-0.2, 0) is 9.59 Å². The summed E-state index contributed by atoms with van der Waals surface area (Å²) in [7, 11) is 0. The zero-order valence-electron chi connectivity index (χ0n) is 10.9. The van der Waals surface area contributed by atoms with Gasteiger partial charge in [-0.3, -0.25) is 4.79 Å². The van der Waals surface area contributed by atoms with Crippen LogP contribution in [-0.4, -0.2) is 35.6 Å². The lowest BCUT2D eigenvalue weighted by Gasteiger charge is -2.43. The quantitative estimate of drug-likeness (QED) is 0.696. The smallest absolute Gasteiger partial charge is 0.329 e. The highest BCUT2D eigenvalue weighted by Gasteiger charge is 2.49. The number of nitrogens with one attached hydrogen (secondary N) is 2. The molecule has 5 heteroatoms. The predicted molar refractivity (Wildman–Crippen MR) is 67.2 cm³/mol. The molecule has 1 heterocycles. The van der Waals surface area contributed by atoms with E-state index in [-0.39, 0.29) is 11.3 Å². The van der Waals surface area contributed by atoms with Crippen molar-refractivity contribution in [1.82, 2.24) is 10.6 Å². The molecule has 0 aromatic heterocycles. The lowest BCUT2D eigenvalue weighted by Crippen LogP contribution is -2.62. The summed E-state index contributed by atoms with van der Waals surface area (Å²) >= 11 is 0.